The molecule has 0 radical (unpaired) electrons. The summed E-state index contributed by atoms with van der Waals surface area (Å²) in [7, 11) is 0. The molecule has 0 saturated carbocycles. The number of nitrogens with zero attached hydrogens (tertiary/aromatic N) is 2. The zero-order valence-corrected chi connectivity index (χ0v) is 10.1. The van der Waals surface area contributed by atoms with Gasteiger partial charge in [-0.05, 0) is 12.5 Å². The third-order valence-electron chi connectivity index (χ3n) is 2.20. The standard InChI is InChI=1S/C10H10N2OS2/c1-14-9-7(6-13)10(15-2)12-4-3-11-5-8(9)12/h3-6H,1-2H3. The van der Waals surface area contributed by atoms with Crippen molar-refractivity contribution in [3.8, 4) is 0 Å². The largest absolute Gasteiger partial charge is 0.307 e. The second-order valence-electron chi connectivity index (χ2n) is 2.91. The van der Waals surface area contributed by atoms with Crippen molar-refractivity contribution in [2.75, 3.05) is 12.5 Å². The van der Waals surface area contributed by atoms with Crippen LogP contribution >= 0.6 is 23.5 Å². The Bertz CT molecular complexity index is 466. The molecule has 2 aromatic heterocycles. The third-order valence-corrected chi connectivity index (χ3v) is 3.84. The van der Waals surface area contributed by atoms with Crippen molar-refractivity contribution in [1.29, 1.82) is 0 Å². The predicted octanol–water partition coefficient (Wildman–Crippen LogP) is 2.59. The van der Waals surface area contributed by atoms with E-state index in [2.05, 4.69) is 4.98 Å². The van der Waals surface area contributed by atoms with Gasteiger partial charge in [0, 0.05) is 17.3 Å². The van der Waals surface area contributed by atoms with Crippen molar-refractivity contribution in [2.24, 2.45) is 0 Å². The van der Waals surface area contributed by atoms with Crippen LogP contribution in [-0.2, 0) is 0 Å². The molecule has 78 valence electrons. The summed E-state index contributed by atoms with van der Waals surface area (Å²) >= 11 is 3.16. The summed E-state index contributed by atoms with van der Waals surface area (Å²) in [5.41, 5.74) is 1.76. The SMILES string of the molecule is CSc1c(C=O)c(SC)n2ccncc12. The molecule has 15 heavy (non-hydrogen) atoms. The second kappa shape index (κ2) is 4.28. The average Bonchev–Trinajstić information content (AvgIpc) is 2.61. The fraction of sp³-hybridized carbons (Fsp3) is 0.200. The Morgan fingerprint density at radius 1 is 1.40 bits per heavy atom. The maximum absolute atomic E-state index is 11.1. The third kappa shape index (κ3) is 1.55. The van der Waals surface area contributed by atoms with Crippen LogP contribution in [-0.4, -0.2) is 28.2 Å². The molecule has 0 atom stereocenters. The number of aromatic nitrogens is 2. The van der Waals surface area contributed by atoms with Crippen LogP contribution in [0.25, 0.3) is 5.52 Å². The molecule has 2 aromatic rings. The highest BCUT2D eigenvalue weighted by atomic mass is 32.2. The van der Waals surface area contributed by atoms with Crippen LogP contribution in [0, 0.1) is 0 Å². The smallest absolute Gasteiger partial charge is 0.153 e. The van der Waals surface area contributed by atoms with E-state index in [1.807, 2.05) is 23.1 Å². The predicted molar refractivity (Wildman–Crippen MR) is 64.1 cm³/mol. The van der Waals surface area contributed by atoms with Gasteiger partial charge in [-0.2, -0.15) is 0 Å². The molecule has 0 aliphatic heterocycles. The lowest BCUT2D eigenvalue weighted by atomic mass is 10.3. The number of hydrogen-bond acceptors (Lipinski definition) is 4. The van der Waals surface area contributed by atoms with Gasteiger partial charge in [0.15, 0.2) is 6.29 Å². The van der Waals surface area contributed by atoms with Gasteiger partial charge < -0.3 is 4.40 Å². The molecule has 0 N–H and O–H groups in total. The fourth-order valence-corrected chi connectivity index (χ4v) is 3.11. The van der Waals surface area contributed by atoms with Gasteiger partial charge in [-0.15, -0.1) is 23.5 Å². The summed E-state index contributed by atoms with van der Waals surface area (Å²) in [5, 5.41) is 0.978. The Hall–Kier alpha value is -0.940. The van der Waals surface area contributed by atoms with Gasteiger partial charge in [0.25, 0.3) is 0 Å². The first kappa shape index (κ1) is 10.6. The molecule has 0 bridgehead atoms. The summed E-state index contributed by atoms with van der Waals surface area (Å²) in [6, 6.07) is 0. The van der Waals surface area contributed by atoms with Gasteiger partial charge in [0.05, 0.1) is 22.3 Å². The molecule has 5 heteroatoms. The maximum atomic E-state index is 11.1. The highest BCUT2D eigenvalue weighted by molar-refractivity contribution is 7.99. The molecular formula is C10H10N2OS2. The Morgan fingerprint density at radius 2 is 2.20 bits per heavy atom. The molecule has 0 unspecified atom stereocenters. The van der Waals surface area contributed by atoms with E-state index in [1.165, 1.54) is 0 Å². The van der Waals surface area contributed by atoms with Crippen molar-refractivity contribution in [2.45, 2.75) is 9.92 Å². The average molecular weight is 238 g/mol. The summed E-state index contributed by atoms with van der Waals surface area (Å²) < 4.78 is 2.01. The van der Waals surface area contributed by atoms with E-state index in [9.17, 15) is 4.79 Å². The molecule has 0 aliphatic carbocycles. The number of carbonyl (C=O) groups excluding carboxylic acids is 1. The minimum Gasteiger partial charge on any atom is -0.307 e. The molecule has 0 aliphatic rings. The van der Waals surface area contributed by atoms with E-state index >= 15 is 0 Å². The zero-order valence-electron chi connectivity index (χ0n) is 8.43. The first-order valence-electron chi connectivity index (χ1n) is 4.34. The van der Waals surface area contributed by atoms with Crippen LogP contribution < -0.4 is 0 Å². The molecule has 0 saturated heterocycles. The van der Waals surface area contributed by atoms with Crippen molar-refractivity contribution < 1.29 is 4.79 Å². The van der Waals surface area contributed by atoms with Crippen LogP contribution in [0.1, 0.15) is 10.4 Å². The molecule has 0 amide bonds. The molecule has 0 fully saturated rings. The molecular weight excluding hydrogens is 228 g/mol. The van der Waals surface area contributed by atoms with E-state index in [4.69, 9.17) is 0 Å². The minimum atomic E-state index is 0.767. The Labute approximate surface area is 96.3 Å². The normalized spacial score (nSPS) is 10.8. The Morgan fingerprint density at radius 3 is 2.80 bits per heavy atom. The van der Waals surface area contributed by atoms with Crippen LogP contribution in [0.3, 0.4) is 0 Å². The van der Waals surface area contributed by atoms with Crippen LogP contribution in [0.2, 0.25) is 0 Å². The monoisotopic (exact) mass is 238 g/mol. The van der Waals surface area contributed by atoms with Gasteiger partial charge in [-0.25, -0.2) is 0 Å². The first-order valence-corrected chi connectivity index (χ1v) is 6.79. The van der Waals surface area contributed by atoms with E-state index in [0.29, 0.717) is 0 Å². The van der Waals surface area contributed by atoms with E-state index in [0.717, 1.165) is 27.3 Å². The number of rotatable bonds is 3. The summed E-state index contributed by atoms with van der Waals surface area (Å²) in [5.74, 6) is 0. The molecule has 2 rings (SSSR count). The van der Waals surface area contributed by atoms with Crippen molar-refractivity contribution in [1.82, 2.24) is 9.38 Å². The lowest BCUT2D eigenvalue weighted by Crippen LogP contribution is -1.87. The lowest BCUT2D eigenvalue weighted by Gasteiger charge is -1.97. The van der Waals surface area contributed by atoms with E-state index in [-0.39, 0.29) is 0 Å². The van der Waals surface area contributed by atoms with Gasteiger partial charge in [-0.1, -0.05) is 0 Å². The topological polar surface area (TPSA) is 34.4 Å². The molecule has 3 nitrogen and oxygen atoms in total. The van der Waals surface area contributed by atoms with E-state index < -0.39 is 0 Å². The number of hydrogen-bond donors (Lipinski definition) is 0. The maximum Gasteiger partial charge on any atom is 0.153 e. The second-order valence-corrected chi connectivity index (χ2v) is 4.52. The lowest BCUT2D eigenvalue weighted by molar-refractivity contribution is 0.111. The van der Waals surface area contributed by atoms with Crippen LogP contribution in [0.15, 0.2) is 28.5 Å². The molecule has 0 aromatic carbocycles. The number of thioether (sulfide) groups is 2. The highest BCUT2D eigenvalue weighted by Crippen LogP contribution is 2.33. The van der Waals surface area contributed by atoms with Crippen LogP contribution in [0.4, 0.5) is 0 Å². The van der Waals surface area contributed by atoms with Gasteiger partial charge in [0.1, 0.15) is 0 Å². The quantitative estimate of drug-likeness (QED) is 0.608. The molecule has 0 spiro atoms. The number of carbonyl (C=O) groups is 1. The van der Waals surface area contributed by atoms with Crippen molar-refractivity contribution in [3.05, 3.63) is 24.2 Å². The van der Waals surface area contributed by atoms with Crippen molar-refractivity contribution in [3.63, 3.8) is 0 Å². The Kier molecular flexibility index (Phi) is 3.02. The summed E-state index contributed by atoms with van der Waals surface area (Å²) in [6.07, 6.45) is 10.3. The van der Waals surface area contributed by atoms with Gasteiger partial charge in [0.2, 0.25) is 0 Å². The summed E-state index contributed by atoms with van der Waals surface area (Å²) in [4.78, 5) is 16.2. The summed E-state index contributed by atoms with van der Waals surface area (Å²) in [6.45, 7) is 0. The number of aldehydes is 1. The Balaban J connectivity index is 2.88. The van der Waals surface area contributed by atoms with Crippen LogP contribution in [0.5, 0.6) is 0 Å². The zero-order chi connectivity index (χ0) is 10.8. The highest BCUT2D eigenvalue weighted by Gasteiger charge is 2.16. The van der Waals surface area contributed by atoms with Crippen molar-refractivity contribution >= 4 is 35.3 Å². The van der Waals surface area contributed by atoms with Gasteiger partial charge in [-0.3, -0.25) is 9.78 Å². The fourth-order valence-electron chi connectivity index (χ4n) is 1.60. The first-order chi connectivity index (χ1) is 7.33. The van der Waals surface area contributed by atoms with Gasteiger partial charge >= 0.3 is 0 Å². The van der Waals surface area contributed by atoms with E-state index in [1.54, 1.807) is 35.9 Å². The minimum absolute atomic E-state index is 0.767. The molecule has 2 heterocycles. The number of fused-ring (bicyclic) bond motifs is 1.